The molecule has 12 heavy (non-hydrogen) atoms. The average Bonchev–Trinajstić information content (AvgIpc) is 2.30. The summed E-state index contributed by atoms with van der Waals surface area (Å²) in [5.41, 5.74) is -0.853. The molecule has 0 amide bonds. The Hall–Kier alpha value is -0.830. The SMILES string of the molecule is CC(C)n1ccnc1C(C)(C)O. The molecule has 68 valence electrons. The molecule has 0 atom stereocenters. The van der Waals surface area contributed by atoms with E-state index in [2.05, 4.69) is 18.8 Å². The fraction of sp³-hybridized carbons (Fsp3) is 0.667. The molecule has 0 spiro atoms. The van der Waals surface area contributed by atoms with Crippen molar-refractivity contribution in [1.82, 2.24) is 9.55 Å². The lowest BCUT2D eigenvalue weighted by atomic mass is 10.1. The van der Waals surface area contributed by atoms with Gasteiger partial charge < -0.3 is 9.67 Å². The molecule has 1 aromatic heterocycles. The fourth-order valence-electron chi connectivity index (χ4n) is 1.20. The van der Waals surface area contributed by atoms with Gasteiger partial charge in [-0.15, -0.1) is 0 Å². The zero-order chi connectivity index (χ0) is 9.35. The average molecular weight is 168 g/mol. The summed E-state index contributed by atoms with van der Waals surface area (Å²) in [5.74, 6) is 0.720. The number of aliphatic hydroxyl groups is 1. The van der Waals surface area contributed by atoms with Crippen LogP contribution < -0.4 is 0 Å². The van der Waals surface area contributed by atoms with Gasteiger partial charge in [0.1, 0.15) is 11.4 Å². The third-order valence-corrected chi connectivity index (χ3v) is 1.77. The Kier molecular flexibility index (Phi) is 2.24. The Labute approximate surface area is 73.1 Å². The molecule has 1 aromatic rings. The molecular formula is C9H16N2O. The number of hydrogen-bond acceptors (Lipinski definition) is 2. The molecule has 0 fully saturated rings. The second kappa shape index (κ2) is 2.90. The Morgan fingerprint density at radius 1 is 1.50 bits per heavy atom. The molecule has 3 nitrogen and oxygen atoms in total. The quantitative estimate of drug-likeness (QED) is 0.729. The third kappa shape index (κ3) is 1.67. The molecule has 0 saturated carbocycles. The van der Waals surface area contributed by atoms with Gasteiger partial charge in [-0.05, 0) is 27.7 Å². The van der Waals surface area contributed by atoms with Crippen LogP contribution in [0, 0.1) is 0 Å². The van der Waals surface area contributed by atoms with E-state index in [-0.39, 0.29) is 0 Å². The van der Waals surface area contributed by atoms with Crippen molar-refractivity contribution in [3.63, 3.8) is 0 Å². The van der Waals surface area contributed by atoms with Crippen LogP contribution in [0.5, 0.6) is 0 Å². The molecule has 0 aliphatic rings. The minimum absolute atomic E-state index is 0.342. The number of imidazole rings is 1. The largest absolute Gasteiger partial charge is 0.383 e. The second-order valence-corrected chi connectivity index (χ2v) is 3.81. The van der Waals surface area contributed by atoms with E-state index in [9.17, 15) is 5.11 Å². The lowest BCUT2D eigenvalue weighted by Crippen LogP contribution is -2.22. The lowest BCUT2D eigenvalue weighted by molar-refractivity contribution is 0.0636. The highest BCUT2D eigenvalue weighted by atomic mass is 16.3. The summed E-state index contributed by atoms with van der Waals surface area (Å²) in [5, 5.41) is 9.72. The van der Waals surface area contributed by atoms with Crippen molar-refractivity contribution in [2.24, 2.45) is 0 Å². The van der Waals surface area contributed by atoms with Crippen molar-refractivity contribution >= 4 is 0 Å². The molecule has 0 aromatic carbocycles. The molecule has 0 unspecified atom stereocenters. The van der Waals surface area contributed by atoms with Gasteiger partial charge in [0.2, 0.25) is 0 Å². The Morgan fingerprint density at radius 3 is 2.42 bits per heavy atom. The smallest absolute Gasteiger partial charge is 0.140 e. The predicted molar refractivity (Wildman–Crippen MR) is 47.9 cm³/mol. The van der Waals surface area contributed by atoms with Gasteiger partial charge in [-0.3, -0.25) is 0 Å². The van der Waals surface area contributed by atoms with E-state index in [1.807, 2.05) is 10.8 Å². The minimum Gasteiger partial charge on any atom is -0.383 e. The van der Waals surface area contributed by atoms with E-state index < -0.39 is 5.60 Å². The van der Waals surface area contributed by atoms with E-state index in [4.69, 9.17) is 0 Å². The first-order valence-corrected chi connectivity index (χ1v) is 4.18. The highest BCUT2D eigenvalue weighted by Crippen LogP contribution is 2.20. The van der Waals surface area contributed by atoms with E-state index in [0.717, 1.165) is 5.82 Å². The molecule has 1 heterocycles. The van der Waals surface area contributed by atoms with E-state index in [0.29, 0.717) is 6.04 Å². The van der Waals surface area contributed by atoms with Gasteiger partial charge in [0.15, 0.2) is 0 Å². The van der Waals surface area contributed by atoms with Gasteiger partial charge in [-0.25, -0.2) is 4.98 Å². The van der Waals surface area contributed by atoms with Gasteiger partial charge in [-0.2, -0.15) is 0 Å². The minimum atomic E-state index is -0.853. The van der Waals surface area contributed by atoms with Crippen LogP contribution in [0.3, 0.4) is 0 Å². The number of nitrogens with zero attached hydrogens (tertiary/aromatic N) is 2. The monoisotopic (exact) mass is 168 g/mol. The molecule has 0 aliphatic carbocycles. The van der Waals surface area contributed by atoms with Crippen LogP contribution in [0.1, 0.15) is 39.6 Å². The van der Waals surface area contributed by atoms with Crippen LogP contribution in [0.15, 0.2) is 12.4 Å². The zero-order valence-electron chi connectivity index (χ0n) is 8.07. The van der Waals surface area contributed by atoms with Crippen molar-refractivity contribution in [2.75, 3.05) is 0 Å². The van der Waals surface area contributed by atoms with Gasteiger partial charge in [0.05, 0.1) is 0 Å². The lowest BCUT2D eigenvalue weighted by Gasteiger charge is -2.20. The van der Waals surface area contributed by atoms with Crippen molar-refractivity contribution in [2.45, 2.75) is 39.3 Å². The zero-order valence-corrected chi connectivity index (χ0v) is 8.07. The summed E-state index contributed by atoms with van der Waals surface area (Å²) < 4.78 is 1.97. The summed E-state index contributed by atoms with van der Waals surface area (Å²) in [6.45, 7) is 7.62. The van der Waals surface area contributed by atoms with Crippen LogP contribution in [0.4, 0.5) is 0 Å². The highest BCUT2D eigenvalue weighted by molar-refractivity contribution is 5.02. The Balaban J connectivity index is 3.08. The van der Waals surface area contributed by atoms with E-state index in [1.54, 1.807) is 20.0 Å². The van der Waals surface area contributed by atoms with Crippen molar-refractivity contribution in [1.29, 1.82) is 0 Å². The normalized spacial score (nSPS) is 12.5. The van der Waals surface area contributed by atoms with Crippen LogP contribution in [0.25, 0.3) is 0 Å². The molecule has 0 aliphatic heterocycles. The molecule has 0 radical (unpaired) electrons. The molecule has 1 rings (SSSR count). The van der Waals surface area contributed by atoms with Crippen molar-refractivity contribution in [3.8, 4) is 0 Å². The summed E-state index contributed by atoms with van der Waals surface area (Å²) in [4.78, 5) is 4.12. The van der Waals surface area contributed by atoms with Crippen LogP contribution in [-0.4, -0.2) is 14.7 Å². The maximum atomic E-state index is 9.72. The molecule has 1 N–H and O–H groups in total. The van der Waals surface area contributed by atoms with Gasteiger partial charge in [-0.1, -0.05) is 0 Å². The number of aromatic nitrogens is 2. The maximum absolute atomic E-state index is 9.72. The van der Waals surface area contributed by atoms with Crippen LogP contribution in [0.2, 0.25) is 0 Å². The van der Waals surface area contributed by atoms with Crippen LogP contribution >= 0.6 is 0 Å². The maximum Gasteiger partial charge on any atom is 0.140 e. The Bertz CT molecular complexity index is 258. The van der Waals surface area contributed by atoms with Crippen LogP contribution in [-0.2, 0) is 5.60 Å². The first-order chi connectivity index (χ1) is 5.43. The van der Waals surface area contributed by atoms with Crippen molar-refractivity contribution < 1.29 is 5.11 Å². The van der Waals surface area contributed by atoms with Gasteiger partial charge in [0.25, 0.3) is 0 Å². The van der Waals surface area contributed by atoms with Crippen molar-refractivity contribution in [3.05, 3.63) is 18.2 Å². The van der Waals surface area contributed by atoms with E-state index >= 15 is 0 Å². The molecule has 0 saturated heterocycles. The number of hydrogen-bond donors (Lipinski definition) is 1. The second-order valence-electron chi connectivity index (χ2n) is 3.81. The van der Waals surface area contributed by atoms with E-state index in [1.165, 1.54) is 0 Å². The van der Waals surface area contributed by atoms with Gasteiger partial charge in [0, 0.05) is 18.4 Å². The molecule has 0 bridgehead atoms. The Morgan fingerprint density at radius 2 is 2.08 bits per heavy atom. The summed E-state index contributed by atoms with van der Waals surface area (Å²) in [6, 6.07) is 0.342. The third-order valence-electron chi connectivity index (χ3n) is 1.77. The first-order valence-electron chi connectivity index (χ1n) is 4.18. The topological polar surface area (TPSA) is 38.0 Å². The fourth-order valence-corrected chi connectivity index (χ4v) is 1.20. The summed E-state index contributed by atoms with van der Waals surface area (Å²) in [6.07, 6.45) is 3.60. The molecular weight excluding hydrogens is 152 g/mol. The summed E-state index contributed by atoms with van der Waals surface area (Å²) in [7, 11) is 0. The summed E-state index contributed by atoms with van der Waals surface area (Å²) >= 11 is 0. The highest BCUT2D eigenvalue weighted by Gasteiger charge is 2.22. The predicted octanol–water partition coefficient (Wildman–Crippen LogP) is 1.69. The standard InChI is InChI=1S/C9H16N2O/c1-7(2)11-6-5-10-8(11)9(3,4)12/h5-7,12H,1-4H3. The molecule has 3 heteroatoms. The van der Waals surface area contributed by atoms with Gasteiger partial charge >= 0.3 is 0 Å². The first kappa shape index (κ1) is 9.26. The number of rotatable bonds is 2.